The molecular formula is C17H22N6O2. The largest absolute Gasteiger partial charge is 0.345 e. The average molecular weight is 342 g/mol. The van der Waals surface area contributed by atoms with Crippen molar-refractivity contribution in [3.05, 3.63) is 31.0 Å². The molecule has 25 heavy (non-hydrogen) atoms. The lowest BCUT2D eigenvalue weighted by Gasteiger charge is -2.15. The van der Waals surface area contributed by atoms with Gasteiger partial charge in [-0.3, -0.25) is 9.59 Å². The Morgan fingerprint density at radius 2 is 2.12 bits per heavy atom. The molecule has 2 aromatic heterocycles. The molecule has 8 nitrogen and oxygen atoms in total. The number of anilines is 1. The fourth-order valence-electron chi connectivity index (χ4n) is 3.02. The van der Waals surface area contributed by atoms with E-state index >= 15 is 0 Å². The number of hydrogen-bond donors (Lipinski definition) is 2. The molecule has 2 amide bonds. The van der Waals surface area contributed by atoms with Gasteiger partial charge in [-0.25, -0.2) is 14.6 Å². The molecule has 0 radical (unpaired) electrons. The lowest BCUT2D eigenvalue weighted by molar-refractivity contribution is -0.126. The molecule has 1 fully saturated rings. The van der Waals surface area contributed by atoms with Crippen LogP contribution in [0.1, 0.15) is 39.0 Å². The zero-order chi connectivity index (χ0) is 17.6. The maximum Gasteiger partial charge on any atom is 0.246 e. The third-order valence-electron chi connectivity index (χ3n) is 4.39. The van der Waals surface area contributed by atoms with E-state index in [2.05, 4.69) is 25.7 Å². The Kier molecular flexibility index (Phi) is 5.37. The van der Waals surface area contributed by atoms with Crippen molar-refractivity contribution in [2.75, 3.05) is 5.32 Å². The van der Waals surface area contributed by atoms with Crippen LogP contribution >= 0.6 is 0 Å². The van der Waals surface area contributed by atoms with E-state index in [4.69, 9.17) is 0 Å². The quantitative estimate of drug-likeness (QED) is 0.832. The maximum absolute atomic E-state index is 12.2. The van der Waals surface area contributed by atoms with Gasteiger partial charge in [-0.1, -0.05) is 12.8 Å². The van der Waals surface area contributed by atoms with E-state index in [1.54, 1.807) is 31.6 Å². The number of nitrogens with one attached hydrogen (secondary N) is 2. The van der Waals surface area contributed by atoms with E-state index < -0.39 is 6.04 Å². The summed E-state index contributed by atoms with van der Waals surface area (Å²) in [7, 11) is 0. The second-order valence-electron chi connectivity index (χ2n) is 6.38. The molecule has 132 valence electrons. The molecule has 2 N–H and O–H groups in total. The highest BCUT2D eigenvalue weighted by Gasteiger charge is 2.21. The van der Waals surface area contributed by atoms with Crippen LogP contribution in [0, 0.1) is 5.92 Å². The molecule has 1 saturated carbocycles. The van der Waals surface area contributed by atoms with Gasteiger partial charge in [0.1, 0.15) is 18.7 Å². The standard InChI is InChI=1S/C17H22N6O2/c1-12(21-16(24)8-13-4-2-3-5-13)17(25)22-14-6-7-15(19-9-14)23-11-18-10-20-23/h6-7,9-13H,2-5,8H2,1H3,(H,21,24)(H,22,25). The molecule has 3 rings (SSSR count). The monoisotopic (exact) mass is 342 g/mol. The van der Waals surface area contributed by atoms with Crippen LogP contribution in [0.3, 0.4) is 0 Å². The minimum absolute atomic E-state index is 0.0609. The van der Waals surface area contributed by atoms with Crippen molar-refractivity contribution < 1.29 is 9.59 Å². The van der Waals surface area contributed by atoms with Crippen LogP contribution in [0.4, 0.5) is 5.69 Å². The highest BCUT2D eigenvalue weighted by atomic mass is 16.2. The predicted octanol–water partition coefficient (Wildman–Crippen LogP) is 1.69. The maximum atomic E-state index is 12.2. The predicted molar refractivity (Wildman–Crippen MR) is 92.0 cm³/mol. The van der Waals surface area contributed by atoms with E-state index in [-0.39, 0.29) is 11.8 Å². The number of hydrogen-bond acceptors (Lipinski definition) is 5. The highest BCUT2D eigenvalue weighted by Crippen LogP contribution is 2.27. The molecule has 1 unspecified atom stereocenters. The smallest absolute Gasteiger partial charge is 0.246 e. The third kappa shape index (κ3) is 4.62. The fraction of sp³-hybridized carbons (Fsp3) is 0.471. The summed E-state index contributed by atoms with van der Waals surface area (Å²) in [5.74, 6) is 0.737. The van der Waals surface area contributed by atoms with E-state index in [0.717, 1.165) is 12.8 Å². The van der Waals surface area contributed by atoms with Crippen LogP contribution in [-0.2, 0) is 9.59 Å². The summed E-state index contributed by atoms with van der Waals surface area (Å²) >= 11 is 0. The zero-order valence-electron chi connectivity index (χ0n) is 14.2. The number of nitrogens with zero attached hydrogens (tertiary/aromatic N) is 4. The summed E-state index contributed by atoms with van der Waals surface area (Å²) in [5.41, 5.74) is 0.561. The number of aromatic nitrogens is 4. The highest BCUT2D eigenvalue weighted by molar-refractivity contribution is 5.96. The van der Waals surface area contributed by atoms with E-state index in [0.29, 0.717) is 23.8 Å². The fourth-order valence-corrected chi connectivity index (χ4v) is 3.02. The van der Waals surface area contributed by atoms with Gasteiger partial charge in [-0.2, -0.15) is 5.10 Å². The van der Waals surface area contributed by atoms with Crippen molar-refractivity contribution in [3.63, 3.8) is 0 Å². The Morgan fingerprint density at radius 1 is 1.32 bits per heavy atom. The molecule has 8 heteroatoms. The van der Waals surface area contributed by atoms with Crippen molar-refractivity contribution in [1.82, 2.24) is 25.1 Å². The van der Waals surface area contributed by atoms with Crippen LogP contribution < -0.4 is 10.6 Å². The average Bonchev–Trinajstić information content (AvgIpc) is 3.29. The molecule has 0 spiro atoms. The van der Waals surface area contributed by atoms with Gasteiger partial charge >= 0.3 is 0 Å². The molecule has 2 aromatic rings. The van der Waals surface area contributed by atoms with E-state index in [1.807, 2.05) is 0 Å². The van der Waals surface area contributed by atoms with Gasteiger partial charge in [-0.15, -0.1) is 0 Å². The Bertz CT molecular complexity index is 707. The van der Waals surface area contributed by atoms with Crippen LogP contribution in [0.15, 0.2) is 31.0 Å². The number of rotatable bonds is 6. The van der Waals surface area contributed by atoms with Crippen molar-refractivity contribution in [2.45, 2.75) is 45.1 Å². The Morgan fingerprint density at radius 3 is 2.76 bits per heavy atom. The molecule has 0 aromatic carbocycles. The summed E-state index contributed by atoms with van der Waals surface area (Å²) in [6.07, 6.45) is 9.64. The lowest BCUT2D eigenvalue weighted by atomic mass is 10.0. The van der Waals surface area contributed by atoms with E-state index in [9.17, 15) is 9.59 Å². The number of pyridine rings is 1. The lowest BCUT2D eigenvalue weighted by Crippen LogP contribution is -2.42. The first-order chi connectivity index (χ1) is 12.1. The van der Waals surface area contributed by atoms with Crippen LogP contribution in [0.25, 0.3) is 5.82 Å². The number of carbonyl (C=O) groups is 2. The zero-order valence-corrected chi connectivity index (χ0v) is 14.2. The minimum Gasteiger partial charge on any atom is -0.345 e. The number of amides is 2. The Balaban J connectivity index is 1.49. The van der Waals surface area contributed by atoms with Crippen molar-refractivity contribution in [2.24, 2.45) is 5.92 Å². The molecular weight excluding hydrogens is 320 g/mol. The molecule has 1 aliphatic rings. The molecule has 0 saturated heterocycles. The van der Waals surface area contributed by atoms with E-state index in [1.165, 1.54) is 23.9 Å². The summed E-state index contributed by atoms with van der Waals surface area (Å²) in [4.78, 5) is 32.3. The van der Waals surface area contributed by atoms with Crippen molar-refractivity contribution in [3.8, 4) is 5.82 Å². The molecule has 2 heterocycles. The molecule has 1 atom stereocenters. The molecule has 0 bridgehead atoms. The van der Waals surface area contributed by atoms with Crippen LogP contribution in [0.5, 0.6) is 0 Å². The molecule has 0 aliphatic heterocycles. The van der Waals surface area contributed by atoms with Gasteiger partial charge in [-0.05, 0) is 37.8 Å². The number of carbonyl (C=O) groups excluding carboxylic acids is 2. The van der Waals surface area contributed by atoms with Gasteiger partial charge in [0.15, 0.2) is 5.82 Å². The van der Waals surface area contributed by atoms with Crippen LogP contribution in [-0.4, -0.2) is 37.6 Å². The van der Waals surface area contributed by atoms with Gasteiger partial charge in [0.05, 0.1) is 11.9 Å². The minimum atomic E-state index is -0.594. The first-order valence-corrected chi connectivity index (χ1v) is 8.53. The second kappa shape index (κ2) is 7.87. The normalized spacial score (nSPS) is 15.7. The van der Waals surface area contributed by atoms with Gasteiger partial charge < -0.3 is 10.6 Å². The van der Waals surface area contributed by atoms with Gasteiger partial charge in [0.25, 0.3) is 0 Å². The molecule has 1 aliphatic carbocycles. The van der Waals surface area contributed by atoms with Gasteiger partial charge in [0, 0.05) is 6.42 Å². The summed E-state index contributed by atoms with van der Waals surface area (Å²) in [6.45, 7) is 1.68. The van der Waals surface area contributed by atoms with Gasteiger partial charge in [0.2, 0.25) is 11.8 Å². The SMILES string of the molecule is CC(NC(=O)CC1CCCC1)C(=O)Nc1ccc(-n2cncn2)nc1. The van der Waals surface area contributed by atoms with Crippen molar-refractivity contribution in [1.29, 1.82) is 0 Å². The Labute approximate surface area is 146 Å². The Hall–Kier alpha value is -2.77. The second-order valence-corrected chi connectivity index (χ2v) is 6.38. The van der Waals surface area contributed by atoms with Crippen LogP contribution in [0.2, 0.25) is 0 Å². The summed E-state index contributed by atoms with van der Waals surface area (Å²) < 4.78 is 1.53. The summed E-state index contributed by atoms with van der Waals surface area (Å²) in [5, 5.41) is 9.51. The first kappa shape index (κ1) is 17.1. The summed E-state index contributed by atoms with van der Waals surface area (Å²) in [6, 6.07) is 2.87. The topological polar surface area (TPSA) is 102 Å². The first-order valence-electron chi connectivity index (χ1n) is 8.53. The third-order valence-corrected chi connectivity index (χ3v) is 4.39. The van der Waals surface area contributed by atoms with Crippen molar-refractivity contribution >= 4 is 17.5 Å².